The molecule has 4 aromatic heterocycles. The number of nitrogens with zero attached hydrogens (tertiary/aromatic N) is 6. The first-order valence-electron chi connectivity index (χ1n) is 8.29. The quantitative estimate of drug-likeness (QED) is 0.609. The largest absolute Gasteiger partial charge is 0.350 e. The van der Waals surface area contributed by atoms with Crippen molar-refractivity contribution in [2.45, 2.75) is 25.8 Å². The first kappa shape index (κ1) is 14.7. The highest BCUT2D eigenvalue weighted by Gasteiger charge is 2.28. The lowest BCUT2D eigenvalue weighted by molar-refractivity contribution is 0.681. The van der Waals surface area contributed by atoms with Gasteiger partial charge in [-0.25, -0.2) is 19.5 Å². The van der Waals surface area contributed by atoms with Crippen molar-refractivity contribution in [3.63, 3.8) is 0 Å². The van der Waals surface area contributed by atoms with Gasteiger partial charge in [-0.05, 0) is 31.7 Å². The minimum Gasteiger partial charge on any atom is -0.350 e. The predicted molar refractivity (Wildman–Crippen MR) is 95.8 cm³/mol. The highest BCUT2D eigenvalue weighted by Crippen LogP contribution is 2.33. The molecular formula is C17H16ClN7. The molecule has 0 spiro atoms. The summed E-state index contributed by atoms with van der Waals surface area (Å²) in [6, 6.07) is 2.41. The second-order valence-corrected chi connectivity index (χ2v) is 6.89. The molecule has 4 heterocycles. The first-order valence-corrected chi connectivity index (χ1v) is 8.67. The molecule has 0 aliphatic heterocycles. The van der Waals surface area contributed by atoms with Gasteiger partial charge in [-0.3, -0.25) is 4.40 Å². The highest BCUT2D eigenvalue weighted by atomic mass is 35.5. The zero-order valence-corrected chi connectivity index (χ0v) is 14.4. The summed E-state index contributed by atoms with van der Waals surface area (Å²) in [4.78, 5) is 13.0. The van der Waals surface area contributed by atoms with E-state index in [0.717, 1.165) is 22.6 Å². The number of rotatable bonds is 4. The average Bonchev–Trinajstić information content (AvgIpc) is 3.30. The van der Waals surface area contributed by atoms with Gasteiger partial charge in [0.05, 0.1) is 17.9 Å². The van der Waals surface area contributed by atoms with Gasteiger partial charge >= 0.3 is 0 Å². The Labute approximate surface area is 148 Å². The van der Waals surface area contributed by atoms with Crippen LogP contribution in [-0.2, 0) is 0 Å². The molecule has 0 aromatic carbocycles. The number of hydrogen-bond acceptors (Lipinski definition) is 5. The second kappa shape index (κ2) is 5.42. The van der Waals surface area contributed by atoms with Gasteiger partial charge in [-0.1, -0.05) is 11.6 Å². The lowest BCUT2D eigenvalue weighted by Gasteiger charge is -2.12. The van der Waals surface area contributed by atoms with Crippen molar-refractivity contribution in [3.05, 3.63) is 42.2 Å². The van der Waals surface area contributed by atoms with Crippen molar-refractivity contribution < 1.29 is 0 Å². The molecule has 0 unspecified atom stereocenters. The summed E-state index contributed by atoms with van der Waals surface area (Å²) in [5.41, 5.74) is 2.86. The Morgan fingerprint density at radius 2 is 2.04 bits per heavy atom. The van der Waals surface area contributed by atoms with Crippen molar-refractivity contribution >= 4 is 28.8 Å². The monoisotopic (exact) mass is 353 g/mol. The van der Waals surface area contributed by atoms with Crippen LogP contribution >= 0.6 is 11.6 Å². The van der Waals surface area contributed by atoms with E-state index in [4.69, 9.17) is 11.6 Å². The molecule has 1 atom stereocenters. The summed E-state index contributed by atoms with van der Waals surface area (Å²) < 4.78 is 3.60. The predicted octanol–water partition coefficient (Wildman–Crippen LogP) is 3.30. The molecule has 1 N–H and O–H groups in total. The van der Waals surface area contributed by atoms with E-state index in [1.54, 1.807) is 16.8 Å². The van der Waals surface area contributed by atoms with Crippen LogP contribution in [0, 0.1) is 5.92 Å². The third-order valence-corrected chi connectivity index (χ3v) is 5.01. The Morgan fingerprint density at radius 1 is 1.20 bits per heavy atom. The molecule has 126 valence electrons. The van der Waals surface area contributed by atoms with E-state index >= 15 is 0 Å². The molecule has 0 radical (unpaired) electrons. The summed E-state index contributed by atoms with van der Waals surface area (Å²) >= 11 is 6.15. The van der Waals surface area contributed by atoms with Gasteiger partial charge in [-0.15, -0.1) is 5.10 Å². The fourth-order valence-corrected chi connectivity index (χ4v) is 3.29. The molecule has 7 nitrogen and oxygen atoms in total. The Bertz CT molecular complexity index is 1080. The summed E-state index contributed by atoms with van der Waals surface area (Å²) in [5.74, 6) is 1.98. The molecule has 1 aliphatic rings. The van der Waals surface area contributed by atoms with Crippen LogP contribution in [0.15, 0.2) is 37.1 Å². The normalized spacial score (nSPS) is 15.8. The molecule has 1 saturated carbocycles. The number of fused-ring (bicyclic) bond motifs is 2. The van der Waals surface area contributed by atoms with Crippen LogP contribution in [0.3, 0.4) is 0 Å². The molecule has 4 aromatic rings. The van der Waals surface area contributed by atoms with Crippen molar-refractivity contribution in [1.29, 1.82) is 0 Å². The molecule has 8 heteroatoms. The summed E-state index contributed by atoms with van der Waals surface area (Å²) in [6.07, 6.45) is 11.6. The topological polar surface area (TPSA) is 72.4 Å². The van der Waals surface area contributed by atoms with E-state index in [1.807, 2.05) is 29.2 Å². The number of imidazole rings is 1. The molecule has 1 aliphatic carbocycles. The van der Waals surface area contributed by atoms with E-state index in [1.165, 1.54) is 12.8 Å². The SMILES string of the molecule is C[C@@H](Nc1ncc2c(-c3cnc4ncc(Cl)n4c3)ccn2n1)C1CC1. The highest BCUT2D eigenvalue weighted by molar-refractivity contribution is 6.29. The van der Waals surface area contributed by atoms with Crippen LogP contribution in [-0.4, -0.2) is 35.0 Å². The van der Waals surface area contributed by atoms with Gasteiger partial charge in [-0.2, -0.15) is 0 Å². The number of halogens is 1. The molecular weight excluding hydrogens is 338 g/mol. The van der Waals surface area contributed by atoms with Gasteiger partial charge in [0, 0.05) is 35.8 Å². The number of nitrogens with one attached hydrogen (secondary N) is 1. The average molecular weight is 354 g/mol. The van der Waals surface area contributed by atoms with Crippen molar-refractivity contribution in [1.82, 2.24) is 29.0 Å². The maximum absolute atomic E-state index is 6.15. The van der Waals surface area contributed by atoms with Crippen molar-refractivity contribution in [2.75, 3.05) is 5.32 Å². The maximum atomic E-state index is 6.15. The number of hydrogen-bond donors (Lipinski definition) is 1. The van der Waals surface area contributed by atoms with Crippen LogP contribution in [0.4, 0.5) is 5.95 Å². The third kappa shape index (κ3) is 2.51. The van der Waals surface area contributed by atoms with Crippen LogP contribution < -0.4 is 5.32 Å². The molecule has 25 heavy (non-hydrogen) atoms. The van der Waals surface area contributed by atoms with Gasteiger partial charge in [0.1, 0.15) is 5.15 Å². The second-order valence-electron chi connectivity index (χ2n) is 6.51. The Morgan fingerprint density at radius 3 is 2.88 bits per heavy atom. The van der Waals surface area contributed by atoms with Gasteiger partial charge in [0.2, 0.25) is 11.7 Å². The molecule has 0 bridgehead atoms. The molecule has 5 rings (SSSR count). The fraction of sp³-hybridized carbons (Fsp3) is 0.294. The van der Waals surface area contributed by atoms with Crippen LogP contribution in [0.5, 0.6) is 0 Å². The number of anilines is 1. The lowest BCUT2D eigenvalue weighted by Crippen LogP contribution is -2.19. The Hall–Kier alpha value is -2.67. The minimum atomic E-state index is 0.405. The van der Waals surface area contributed by atoms with E-state index in [-0.39, 0.29) is 0 Å². The van der Waals surface area contributed by atoms with Crippen LogP contribution in [0.25, 0.3) is 22.4 Å². The maximum Gasteiger partial charge on any atom is 0.241 e. The minimum absolute atomic E-state index is 0.405. The molecule has 1 fully saturated rings. The van der Waals surface area contributed by atoms with Gasteiger partial charge < -0.3 is 5.32 Å². The van der Waals surface area contributed by atoms with Crippen LogP contribution in [0.1, 0.15) is 19.8 Å². The summed E-state index contributed by atoms with van der Waals surface area (Å²) in [7, 11) is 0. The van der Waals surface area contributed by atoms with E-state index in [2.05, 4.69) is 32.3 Å². The fourth-order valence-electron chi connectivity index (χ4n) is 3.11. The molecule has 0 amide bonds. The van der Waals surface area contributed by atoms with Gasteiger partial charge in [0.25, 0.3) is 0 Å². The van der Waals surface area contributed by atoms with Crippen molar-refractivity contribution in [3.8, 4) is 11.1 Å². The van der Waals surface area contributed by atoms with Gasteiger partial charge in [0.15, 0.2) is 0 Å². The molecule has 0 saturated heterocycles. The smallest absolute Gasteiger partial charge is 0.241 e. The van der Waals surface area contributed by atoms with E-state index < -0.39 is 0 Å². The third-order valence-electron chi connectivity index (χ3n) is 4.73. The Kier molecular flexibility index (Phi) is 3.18. The zero-order valence-electron chi connectivity index (χ0n) is 13.6. The van der Waals surface area contributed by atoms with Crippen LogP contribution in [0.2, 0.25) is 5.15 Å². The number of aromatic nitrogens is 6. The standard InChI is InChI=1S/C17H16ClN7/c1-10(11-2-3-11)22-16-19-7-14-13(4-5-25(14)23-16)12-6-20-17-21-8-15(18)24(17)9-12/h4-11H,2-3H2,1H3,(H,22,23)/t10-/m1/s1. The summed E-state index contributed by atoms with van der Waals surface area (Å²) in [5, 5.41) is 8.49. The van der Waals surface area contributed by atoms with E-state index in [0.29, 0.717) is 22.9 Å². The van der Waals surface area contributed by atoms with E-state index in [9.17, 15) is 0 Å². The first-order chi connectivity index (χ1) is 12.2. The lowest BCUT2D eigenvalue weighted by atomic mass is 10.1. The Balaban J connectivity index is 1.53. The summed E-state index contributed by atoms with van der Waals surface area (Å²) in [6.45, 7) is 2.18. The zero-order chi connectivity index (χ0) is 17.0. The van der Waals surface area contributed by atoms with Crippen molar-refractivity contribution in [2.24, 2.45) is 5.92 Å².